The molecule has 0 spiro atoms. The van der Waals surface area contributed by atoms with Crippen molar-refractivity contribution in [2.45, 2.75) is 0 Å². The highest BCUT2D eigenvalue weighted by Crippen LogP contribution is 2.19. The number of anilines is 2. The highest BCUT2D eigenvalue weighted by atomic mass is 35.5. The van der Waals surface area contributed by atoms with Crippen molar-refractivity contribution in [1.82, 2.24) is 4.98 Å². The van der Waals surface area contributed by atoms with Gasteiger partial charge in [0, 0.05) is 11.9 Å². The second-order valence-electron chi connectivity index (χ2n) is 3.84. The van der Waals surface area contributed by atoms with Gasteiger partial charge in [-0.3, -0.25) is 4.79 Å². The zero-order chi connectivity index (χ0) is 14.5. The molecule has 0 fully saturated rings. The molecule has 6 nitrogen and oxygen atoms in total. The SMILES string of the molecule is N#Cc1ccc(NC(=O)c2cnc(NN)c(Cl)c2)cc1. The zero-order valence-corrected chi connectivity index (χ0v) is 11.0. The number of benzene rings is 1. The van der Waals surface area contributed by atoms with Crippen LogP contribution in [0.4, 0.5) is 11.5 Å². The smallest absolute Gasteiger partial charge is 0.257 e. The Hall–Kier alpha value is -2.62. The second-order valence-corrected chi connectivity index (χ2v) is 4.25. The Morgan fingerprint density at radius 3 is 2.60 bits per heavy atom. The first-order valence-electron chi connectivity index (χ1n) is 5.57. The fourth-order valence-corrected chi connectivity index (χ4v) is 1.72. The van der Waals surface area contributed by atoms with Gasteiger partial charge in [-0.15, -0.1) is 0 Å². The van der Waals surface area contributed by atoms with Gasteiger partial charge < -0.3 is 10.7 Å². The van der Waals surface area contributed by atoms with E-state index in [4.69, 9.17) is 22.7 Å². The molecule has 4 N–H and O–H groups in total. The van der Waals surface area contributed by atoms with Crippen molar-refractivity contribution in [2.75, 3.05) is 10.7 Å². The number of hydrogen-bond donors (Lipinski definition) is 3. The molecule has 0 atom stereocenters. The number of carbonyl (C=O) groups excluding carboxylic acids is 1. The lowest BCUT2D eigenvalue weighted by molar-refractivity contribution is 0.102. The van der Waals surface area contributed by atoms with Crippen LogP contribution in [0, 0.1) is 11.3 Å². The summed E-state index contributed by atoms with van der Waals surface area (Å²) in [5.74, 6) is 5.14. The van der Waals surface area contributed by atoms with E-state index >= 15 is 0 Å². The molecule has 0 aliphatic carbocycles. The van der Waals surface area contributed by atoms with Gasteiger partial charge in [0.25, 0.3) is 5.91 Å². The summed E-state index contributed by atoms with van der Waals surface area (Å²) in [5, 5.41) is 11.6. The van der Waals surface area contributed by atoms with E-state index < -0.39 is 0 Å². The number of carbonyl (C=O) groups is 1. The minimum atomic E-state index is -0.354. The van der Waals surface area contributed by atoms with Crippen molar-refractivity contribution in [3.63, 3.8) is 0 Å². The van der Waals surface area contributed by atoms with Gasteiger partial charge >= 0.3 is 0 Å². The maximum atomic E-state index is 12.0. The number of nitrogens with one attached hydrogen (secondary N) is 2. The molecule has 7 heteroatoms. The summed E-state index contributed by atoms with van der Waals surface area (Å²) >= 11 is 5.90. The largest absolute Gasteiger partial charge is 0.322 e. The number of hydrogen-bond acceptors (Lipinski definition) is 5. The Kier molecular flexibility index (Phi) is 4.15. The van der Waals surface area contributed by atoms with Crippen LogP contribution < -0.4 is 16.6 Å². The first kappa shape index (κ1) is 13.8. The number of hydrazine groups is 1. The second kappa shape index (κ2) is 6.02. The van der Waals surface area contributed by atoms with E-state index in [0.717, 1.165) is 0 Å². The summed E-state index contributed by atoms with van der Waals surface area (Å²) in [4.78, 5) is 15.9. The first-order valence-corrected chi connectivity index (χ1v) is 5.95. The minimum absolute atomic E-state index is 0.250. The van der Waals surface area contributed by atoms with Crippen LogP contribution >= 0.6 is 11.6 Å². The quantitative estimate of drug-likeness (QED) is 0.593. The van der Waals surface area contributed by atoms with Crippen molar-refractivity contribution in [3.05, 3.63) is 52.7 Å². The normalized spacial score (nSPS) is 9.65. The van der Waals surface area contributed by atoms with Crippen LogP contribution in [0.25, 0.3) is 0 Å². The number of aromatic nitrogens is 1. The average Bonchev–Trinajstić information content (AvgIpc) is 2.48. The summed E-state index contributed by atoms with van der Waals surface area (Å²) in [5.41, 5.74) is 3.72. The average molecular weight is 288 g/mol. The molecule has 0 aliphatic rings. The summed E-state index contributed by atoms with van der Waals surface area (Å²) in [7, 11) is 0. The molecule has 0 unspecified atom stereocenters. The topological polar surface area (TPSA) is 104 Å². The van der Waals surface area contributed by atoms with Crippen LogP contribution in [0.1, 0.15) is 15.9 Å². The van der Waals surface area contributed by atoms with Crippen molar-refractivity contribution in [1.29, 1.82) is 5.26 Å². The number of halogens is 1. The number of nitrogens with two attached hydrogens (primary N) is 1. The molecule has 1 amide bonds. The third kappa shape index (κ3) is 3.03. The Labute approximate surface area is 120 Å². The van der Waals surface area contributed by atoms with E-state index in [1.165, 1.54) is 12.3 Å². The molecular weight excluding hydrogens is 278 g/mol. The number of nitrogen functional groups attached to an aromatic ring is 1. The summed E-state index contributed by atoms with van der Waals surface area (Å²) < 4.78 is 0. The molecule has 0 saturated carbocycles. The minimum Gasteiger partial charge on any atom is -0.322 e. The van der Waals surface area contributed by atoms with Crippen LogP contribution in [0.15, 0.2) is 36.5 Å². The van der Waals surface area contributed by atoms with Gasteiger partial charge in [-0.1, -0.05) is 11.6 Å². The van der Waals surface area contributed by atoms with Crippen molar-refractivity contribution >= 4 is 29.0 Å². The summed E-state index contributed by atoms with van der Waals surface area (Å²) in [6.45, 7) is 0. The van der Waals surface area contributed by atoms with Gasteiger partial charge in [0.05, 0.1) is 22.2 Å². The Bertz CT molecular complexity index is 678. The van der Waals surface area contributed by atoms with Gasteiger partial charge in [-0.05, 0) is 30.3 Å². The van der Waals surface area contributed by atoms with E-state index in [-0.39, 0.29) is 10.9 Å². The van der Waals surface area contributed by atoms with E-state index in [1.807, 2.05) is 6.07 Å². The number of pyridine rings is 1. The highest BCUT2D eigenvalue weighted by molar-refractivity contribution is 6.33. The lowest BCUT2D eigenvalue weighted by Crippen LogP contribution is -2.14. The lowest BCUT2D eigenvalue weighted by atomic mass is 10.2. The van der Waals surface area contributed by atoms with Gasteiger partial charge in [0.15, 0.2) is 5.82 Å². The fraction of sp³-hybridized carbons (Fsp3) is 0. The molecule has 1 aromatic heterocycles. The third-order valence-electron chi connectivity index (χ3n) is 2.51. The predicted octanol–water partition coefficient (Wildman–Crippen LogP) is 2.14. The van der Waals surface area contributed by atoms with E-state index in [2.05, 4.69) is 15.7 Å². The molecule has 0 aliphatic heterocycles. The number of nitriles is 1. The number of rotatable bonds is 3. The molecule has 2 rings (SSSR count). The molecule has 0 saturated heterocycles. The van der Waals surface area contributed by atoms with E-state index in [0.29, 0.717) is 22.6 Å². The van der Waals surface area contributed by atoms with E-state index in [9.17, 15) is 4.79 Å². The molecule has 100 valence electrons. The van der Waals surface area contributed by atoms with Crippen LogP contribution in [0.5, 0.6) is 0 Å². The summed E-state index contributed by atoms with van der Waals surface area (Å²) in [6.07, 6.45) is 1.36. The molecule has 20 heavy (non-hydrogen) atoms. The number of amides is 1. The zero-order valence-electron chi connectivity index (χ0n) is 10.2. The van der Waals surface area contributed by atoms with Gasteiger partial charge in [-0.2, -0.15) is 5.26 Å². The monoisotopic (exact) mass is 287 g/mol. The molecular formula is C13H10ClN5O. The fourth-order valence-electron chi connectivity index (χ4n) is 1.50. The van der Waals surface area contributed by atoms with Crippen molar-refractivity contribution < 1.29 is 4.79 Å². The van der Waals surface area contributed by atoms with Crippen LogP contribution in [-0.2, 0) is 0 Å². The molecule has 2 aromatic rings. The van der Waals surface area contributed by atoms with Gasteiger partial charge in [-0.25, -0.2) is 10.8 Å². The Morgan fingerprint density at radius 1 is 1.35 bits per heavy atom. The molecule has 1 heterocycles. The van der Waals surface area contributed by atoms with Crippen LogP contribution in [0.2, 0.25) is 5.02 Å². The highest BCUT2D eigenvalue weighted by Gasteiger charge is 2.09. The lowest BCUT2D eigenvalue weighted by Gasteiger charge is -2.07. The molecule has 0 bridgehead atoms. The Morgan fingerprint density at radius 2 is 2.05 bits per heavy atom. The van der Waals surface area contributed by atoms with E-state index in [1.54, 1.807) is 24.3 Å². The Balaban J connectivity index is 2.15. The van der Waals surface area contributed by atoms with Crippen molar-refractivity contribution in [3.8, 4) is 6.07 Å². The first-order chi connectivity index (χ1) is 9.63. The summed E-state index contributed by atoms with van der Waals surface area (Å²) in [6, 6.07) is 9.97. The van der Waals surface area contributed by atoms with Crippen molar-refractivity contribution in [2.24, 2.45) is 5.84 Å². The maximum Gasteiger partial charge on any atom is 0.257 e. The maximum absolute atomic E-state index is 12.0. The van der Waals surface area contributed by atoms with Gasteiger partial charge in [0.2, 0.25) is 0 Å². The van der Waals surface area contributed by atoms with Crippen LogP contribution in [-0.4, -0.2) is 10.9 Å². The number of nitrogens with zero attached hydrogens (tertiary/aromatic N) is 2. The standard InChI is InChI=1S/C13H10ClN5O/c14-11-5-9(7-17-12(11)19-16)13(20)18-10-3-1-8(6-15)2-4-10/h1-5,7H,16H2,(H,17,19)(H,18,20). The molecule has 0 radical (unpaired) electrons. The van der Waals surface area contributed by atoms with Gasteiger partial charge in [0.1, 0.15) is 0 Å². The molecule has 1 aromatic carbocycles. The van der Waals surface area contributed by atoms with Crippen LogP contribution in [0.3, 0.4) is 0 Å². The third-order valence-corrected chi connectivity index (χ3v) is 2.80. The predicted molar refractivity (Wildman–Crippen MR) is 76.2 cm³/mol.